The Bertz CT molecular complexity index is 842. The number of carbonyl (C=O) groups excluding carboxylic acids is 2. The van der Waals surface area contributed by atoms with E-state index in [4.69, 9.17) is 4.74 Å². The van der Waals surface area contributed by atoms with Crippen LogP contribution in [0.15, 0.2) is 48.5 Å². The SMILES string of the molecule is COc1ccc(NC(=O)C2(C(=O)Nc3ccc(C(F)(F)F)cc3)CC2)cc1. The maximum absolute atomic E-state index is 12.6. The summed E-state index contributed by atoms with van der Waals surface area (Å²) in [6.07, 6.45) is -3.69. The molecule has 27 heavy (non-hydrogen) atoms. The Hall–Kier alpha value is -3.03. The van der Waals surface area contributed by atoms with Crippen molar-refractivity contribution in [3.8, 4) is 5.75 Å². The van der Waals surface area contributed by atoms with Crippen LogP contribution in [0.4, 0.5) is 24.5 Å². The molecule has 2 aromatic rings. The zero-order valence-electron chi connectivity index (χ0n) is 14.4. The molecule has 0 bridgehead atoms. The van der Waals surface area contributed by atoms with Crippen LogP contribution in [-0.4, -0.2) is 18.9 Å². The molecule has 0 unspecified atom stereocenters. The van der Waals surface area contributed by atoms with Crippen molar-refractivity contribution in [3.63, 3.8) is 0 Å². The van der Waals surface area contributed by atoms with Gasteiger partial charge in [0.15, 0.2) is 0 Å². The number of ether oxygens (including phenoxy) is 1. The number of methoxy groups -OCH3 is 1. The van der Waals surface area contributed by atoms with Gasteiger partial charge >= 0.3 is 6.18 Å². The molecule has 1 aliphatic rings. The predicted octanol–water partition coefficient (Wildman–Crippen LogP) is 4.07. The number of benzene rings is 2. The number of nitrogens with one attached hydrogen (secondary N) is 2. The molecule has 0 aliphatic heterocycles. The lowest BCUT2D eigenvalue weighted by molar-refractivity contribution is -0.137. The van der Waals surface area contributed by atoms with Crippen molar-refractivity contribution in [2.75, 3.05) is 17.7 Å². The molecule has 2 amide bonds. The van der Waals surface area contributed by atoms with Crippen molar-refractivity contribution in [1.29, 1.82) is 0 Å². The normalized spacial score (nSPS) is 15.0. The molecule has 2 N–H and O–H groups in total. The van der Waals surface area contributed by atoms with Gasteiger partial charge in [-0.2, -0.15) is 13.2 Å². The Morgan fingerprint density at radius 1 is 0.889 bits per heavy atom. The van der Waals surface area contributed by atoms with Crippen molar-refractivity contribution in [1.82, 2.24) is 0 Å². The minimum absolute atomic E-state index is 0.205. The second-order valence-corrected chi connectivity index (χ2v) is 6.29. The summed E-state index contributed by atoms with van der Waals surface area (Å²) in [5.41, 5.74) is -1.28. The largest absolute Gasteiger partial charge is 0.497 e. The molecule has 0 heterocycles. The van der Waals surface area contributed by atoms with Gasteiger partial charge in [0, 0.05) is 11.4 Å². The molecule has 8 heteroatoms. The molecule has 0 saturated heterocycles. The van der Waals surface area contributed by atoms with Crippen LogP contribution in [0.1, 0.15) is 18.4 Å². The molecule has 142 valence electrons. The average molecular weight is 378 g/mol. The maximum Gasteiger partial charge on any atom is 0.416 e. The third-order valence-electron chi connectivity index (χ3n) is 4.44. The fraction of sp³-hybridized carbons (Fsp3) is 0.263. The van der Waals surface area contributed by atoms with Crippen LogP contribution < -0.4 is 15.4 Å². The zero-order valence-corrected chi connectivity index (χ0v) is 14.4. The van der Waals surface area contributed by atoms with Crippen LogP contribution in [0.2, 0.25) is 0 Å². The van der Waals surface area contributed by atoms with Crippen molar-refractivity contribution in [2.45, 2.75) is 19.0 Å². The highest BCUT2D eigenvalue weighted by molar-refractivity contribution is 6.16. The third-order valence-corrected chi connectivity index (χ3v) is 4.44. The summed E-state index contributed by atoms with van der Waals surface area (Å²) in [6, 6.07) is 10.8. The fourth-order valence-electron chi connectivity index (χ4n) is 2.60. The lowest BCUT2D eigenvalue weighted by Gasteiger charge is -2.16. The molecule has 0 aromatic heterocycles. The first-order chi connectivity index (χ1) is 12.7. The Morgan fingerprint density at radius 2 is 1.33 bits per heavy atom. The lowest BCUT2D eigenvalue weighted by Crippen LogP contribution is -2.35. The number of hydrogen-bond donors (Lipinski definition) is 2. The molecular weight excluding hydrogens is 361 g/mol. The van der Waals surface area contributed by atoms with E-state index in [1.807, 2.05) is 0 Å². The molecule has 1 aliphatic carbocycles. The highest BCUT2D eigenvalue weighted by atomic mass is 19.4. The standard InChI is InChI=1S/C19H17F3N2O3/c1-27-15-8-6-14(7-9-15)24-17(26)18(10-11-18)16(25)23-13-4-2-12(3-5-13)19(20,21)22/h2-9H,10-11H2,1H3,(H,23,25)(H,24,26). The Kier molecular flexibility index (Phi) is 4.82. The van der Waals surface area contributed by atoms with Crippen LogP contribution in [0.3, 0.4) is 0 Å². The van der Waals surface area contributed by atoms with Crippen molar-refractivity contribution in [3.05, 3.63) is 54.1 Å². The fourth-order valence-corrected chi connectivity index (χ4v) is 2.60. The van der Waals surface area contributed by atoms with Crippen LogP contribution in [0.5, 0.6) is 5.75 Å². The first kappa shape index (κ1) is 18.8. The van der Waals surface area contributed by atoms with E-state index in [0.29, 0.717) is 24.3 Å². The molecule has 2 aromatic carbocycles. The second-order valence-electron chi connectivity index (χ2n) is 6.29. The van der Waals surface area contributed by atoms with Crippen LogP contribution >= 0.6 is 0 Å². The number of halogens is 3. The number of alkyl halides is 3. The van der Waals surface area contributed by atoms with Crippen molar-refractivity contribution < 1.29 is 27.5 Å². The van der Waals surface area contributed by atoms with E-state index < -0.39 is 29.0 Å². The minimum Gasteiger partial charge on any atom is -0.497 e. The summed E-state index contributed by atoms with van der Waals surface area (Å²) in [6.45, 7) is 0. The summed E-state index contributed by atoms with van der Waals surface area (Å²) < 4.78 is 42.8. The Morgan fingerprint density at radius 3 is 1.70 bits per heavy atom. The highest BCUT2D eigenvalue weighted by Gasteiger charge is 2.56. The molecule has 0 atom stereocenters. The monoisotopic (exact) mass is 378 g/mol. The molecular formula is C19H17F3N2O3. The van der Waals surface area contributed by atoms with E-state index in [1.165, 1.54) is 7.11 Å². The second kappa shape index (κ2) is 6.94. The molecule has 3 rings (SSSR count). The molecule has 1 saturated carbocycles. The lowest BCUT2D eigenvalue weighted by atomic mass is 10.0. The van der Waals surface area contributed by atoms with Crippen LogP contribution in [0, 0.1) is 5.41 Å². The number of anilines is 2. The zero-order chi connectivity index (χ0) is 19.7. The average Bonchev–Trinajstić information content (AvgIpc) is 3.44. The van der Waals surface area contributed by atoms with Gasteiger partial charge in [-0.15, -0.1) is 0 Å². The van der Waals surface area contributed by atoms with Gasteiger partial charge in [-0.05, 0) is 61.4 Å². The minimum atomic E-state index is -4.45. The summed E-state index contributed by atoms with van der Waals surface area (Å²) in [5.74, 6) is -0.348. The van der Waals surface area contributed by atoms with E-state index in [0.717, 1.165) is 24.3 Å². The van der Waals surface area contributed by atoms with Gasteiger partial charge in [-0.1, -0.05) is 0 Å². The Balaban J connectivity index is 1.65. The smallest absolute Gasteiger partial charge is 0.416 e. The van der Waals surface area contributed by atoms with E-state index in [9.17, 15) is 22.8 Å². The van der Waals surface area contributed by atoms with E-state index in [2.05, 4.69) is 10.6 Å². The van der Waals surface area contributed by atoms with Crippen molar-refractivity contribution in [2.24, 2.45) is 5.41 Å². The van der Waals surface area contributed by atoms with Gasteiger partial charge in [0.1, 0.15) is 11.2 Å². The first-order valence-corrected chi connectivity index (χ1v) is 8.19. The molecule has 0 spiro atoms. The molecule has 5 nitrogen and oxygen atoms in total. The summed E-state index contributed by atoms with van der Waals surface area (Å²) in [5, 5.41) is 5.21. The summed E-state index contributed by atoms with van der Waals surface area (Å²) in [7, 11) is 1.53. The summed E-state index contributed by atoms with van der Waals surface area (Å²) in [4.78, 5) is 25.0. The Labute approximate surface area is 153 Å². The number of amides is 2. The first-order valence-electron chi connectivity index (χ1n) is 8.19. The summed E-state index contributed by atoms with van der Waals surface area (Å²) >= 11 is 0. The van der Waals surface area contributed by atoms with E-state index in [1.54, 1.807) is 24.3 Å². The van der Waals surface area contributed by atoms with E-state index in [-0.39, 0.29) is 5.69 Å². The van der Waals surface area contributed by atoms with Gasteiger partial charge in [-0.3, -0.25) is 9.59 Å². The maximum atomic E-state index is 12.6. The topological polar surface area (TPSA) is 67.4 Å². The van der Waals surface area contributed by atoms with Crippen LogP contribution in [0.25, 0.3) is 0 Å². The number of rotatable bonds is 5. The van der Waals surface area contributed by atoms with Gasteiger partial charge in [-0.25, -0.2) is 0 Å². The van der Waals surface area contributed by atoms with E-state index >= 15 is 0 Å². The molecule has 0 radical (unpaired) electrons. The van der Waals surface area contributed by atoms with Crippen molar-refractivity contribution >= 4 is 23.2 Å². The van der Waals surface area contributed by atoms with Gasteiger partial charge < -0.3 is 15.4 Å². The van der Waals surface area contributed by atoms with Gasteiger partial charge in [0.05, 0.1) is 12.7 Å². The quantitative estimate of drug-likeness (QED) is 0.771. The number of carbonyl (C=O) groups is 2. The highest BCUT2D eigenvalue weighted by Crippen LogP contribution is 2.47. The van der Waals surface area contributed by atoms with Crippen LogP contribution in [-0.2, 0) is 15.8 Å². The third kappa shape index (κ3) is 4.05. The van der Waals surface area contributed by atoms with Gasteiger partial charge in [0.2, 0.25) is 11.8 Å². The van der Waals surface area contributed by atoms with Gasteiger partial charge in [0.25, 0.3) is 0 Å². The number of hydrogen-bond acceptors (Lipinski definition) is 3. The predicted molar refractivity (Wildman–Crippen MR) is 93.4 cm³/mol. The molecule has 1 fully saturated rings.